The average Bonchev–Trinajstić information content (AvgIpc) is 2.04. The molecule has 1 aromatic heterocycles. The normalized spacial score (nSPS) is 10.5. The Morgan fingerprint density at radius 2 is 2.00 bits per heavy atom. The van der Waals surface area contributed by atoms with Crippen LogP contribution in [0.5, 0.6) is 0 Å². The van der Waals surface area contributed by atoms with E-state index in [4.69, 9.17) is 0 Å². The SMILES string of the molecule is Cc1ccc2c(Br)cccc2n1. The summed E-state index contributed by atoms with van der Waals surface area (Å²) in [6.45, 7) is 2.00. The highest BCUT2D eigenvalue weighted by molar-refractivity contribution is 9.10. The van der Waals surface area contributed by atoms with Crippen LogP contribution >= 0.6 is 15.9 Å². The summed E-state index contributed by atoms with van der Waals surface area (Å²) in [7, 11) is 0. The molecule has 1 nitrogen and oxygen atoms in total. The van der Waals surface area contributed by atoms with Gasteiger partial charge in [0, 0.05) is 15.6 Å². The Bertz CT molecular complexity index is 423. The van der Waals surface area contributed by atoms with Gasteiger partial charge in [-0.3, -0.25) is 4.98 Å². The summed E-state index contributed by atoms with van der Waals surface area (Å²) in [6.07, 6.45) is 0. The number of aromatic nitrogens is 1. The first-order valence-electron chi connectivity index (χ1n) is 3.79. The molecule has 0 atom stereocenters. The molecule has 0 bridgehead atoms. The van der Waals surface area contributed by atoms with Gasteiger partial charge in [-0.15, -0.1) is 0 Å². The van der Waals surface area contributed by atoms with Gasteiger partial charge in [-0.25, -0.2) is 0 Å². The Morgan fingerprint density at radius 1 is 1.17 bits per heavy atom. The van der Waals surface area contributed by atoms with Gasteiger partial charge in [-0.1, -0.05) is 22.0 Å². The quantitative estimate of drug-likeness (QED) is 0.666. The first-order valence-corrected chi connectivity index (χ1v) is 4.58. The van der Waals surface area contributed by atoms with E-state index in [1.54, 1.807) is 0 Å². The van der Waals surface area contributed by atoms with E-state index < -0.39 is 0 Å². The van der Waals surface area contributed by atoms with Crippen molar-refractivity contribution < 1.29 is 0 Å². The first kappa shape index (κ1) is 7.74. The lowest BCUT2D eigenvalue weighted by atomic mass is 10.2. The van der Waals surface area contributed by atoms with E-state index in [2.05, 4.69) is 27.0 Å². The fourth-order valence-electron chi connectivity index (χ4n) is 1.22. The number of halogens is 1. The number of fused-ring (bicyclic) bond motifs is 1. The van der Waals surface area contributed by atoms with Gasteiger partial charge in [0.2, 0.25) is 0 Å². The van der Waals surface area contributed by atoms with Crippen LogP contribution in [0.25, 0.3) is 10.9 Å². The molecule has 12 heavy (non-hydrogen) atoms. The van der Waals surface area contributed by atoms with Gasteiger partial charge in [0.1, 0.15) is 0 Å². The molecule has 0 aliphatic carbocycles. The summed E-state index contributed by atoms with van der Waals surface area (Å²) in [5.41, 5.74) is 2.10. The van der Waals surface area contributed by atoms with Gasteiger partial charge in [-0.2, -0.15) is 0 Å². The highest BCUT2D eigenvalue weighted by atomic mass is 79.9. The Kier molecular flexibility index (Phi) is 1.85. The van der Waals surface area contributed by atoms with Crippen LogP contribution in [-0.4, -0.2) is 4.98 Å². The zero-order chi connectivity index (χ0) is 8.55. The van der Waals surface area contributed by atoms with Crippen LogP contribution in [-0.2, 0) is 0 Å². The Balaban J connectivity index is 2.86. The summed E-state index contributed by atoms with van der Waals surface area (Å²) in [4.78, 5) is 4.41. The minimum Gasteiger partial charge on any atom is -0.253 e. The average molecular weight is 222 g/mol. The molecule has 0 spiro atoms. The predicted molar refractivity (Wildman–Crippen MR) is 54.2 cm³/mol. The van der Waals surface area contributed by atoms with Gasteiger partial charge < -0.3 is 0 Å². The van der Waals surface area contributed by atoms with Crippen molar-refractivity contribution in [2.75, 3.05) is 0 Å². The zero-order valence-corrected chi connectivity index (χ0v) is 8.30. The smallest absolute Gasteiger partial charge is 0.0716 e. The number of nitrogens with zero attached hydrogens (tertiary/aromatic N) is 1. The van der Waals surface area contributed by atoms with E-state index in [0.717, 1.165) is 15.7 Å². The van der Waals surface area contributed by atoms with E-state index in [1.807, 2.05) is 31.2 Å². The number of hydrogen-bond donors (Lipinski definition) is 0. The lowest BCUT2D eigenvalue weighted by Gasteiger charge is -1.99. The van der Waals surface area contributed by atoms with E-state index >= 15 is 0 Å². The molecule has 0 unspecified atom stereocenters. The fourth-order valence-corrected chi connectivity index (χ4v) is 1.71. The molecule has 0 radical (unpaired) electrons. The molecule has 0 N–H and O–H groups in total. The van der Waals surface area contributed by atoms with Gasteiger partial charge in [0.25, 0.3) is 0 Å². The van der Waals surface area contributed by atoms with Crippen molar-refractivity contribution in [1.29, 1.82) is 0 Å². The molecular weight excluding hydrogens is 214 g/mol. The topological polar surface area (TPSA) is 12.9 Å². The van der Waals surface area contributed by atoms with Crippen LogP contribution < -0.4 is 0 Å². The molecular formula is C10H8BrN. The Labute approximate surface area is 79.6 Å². The van der Waals surface area contributed by atoms with Gasteiger partial charge >= 0.3 is 0 Å². The van der Waals surface area contributed by atoms with Crippen LogP contribution in [0.15, 0.2) is 34.8 Å². The molecule has 0 aliphatic rings. The number of hydrogen-bond acceptors (Lipinski definition) is 1. The Hall–Kier alpha value is -0.890. The van der Waals surface area contributed by atoms with E-state index in [0.29, 0.717) is 0 Å². The molecule has 2 heteroatoms. The van der Waals surface area contributed by atoms with Gasteiger partial charge in [0.05, 0.1) is 5.52 Å². The minimum absolute atomic E-state index is 1.05. The molecule has 0 fully saturated rings. The predicted octanol–water partition coefficient (Wildman–Crippen LogP) is 3.31. The van der Waals surface area contributed by atoms with E-state index in [-0.39, 0.29) is 0 Å². The van der Waals surface area contributed by atoms with Crippen molar-refractivity contribution in [2.45, 2.75) is 6.92 Å². The van der Waals surface area contributed by atoms with Crippen molar-refractivity contribution in [3.05, 3.63) is 40.5 Å². The molecule has 1 aromatic carbocycles. The third-order valence-electron chi connectivity index (χ3n) is 1.82. The summed E-state index contributed by atoms with van der Waals surface area (Å²) < 4.78 is 1.10. The lowest BCUT2D eigenvalue weighted by molar-refractivity contribution is 1.25. The van der Waals surface area contributed by atoms with Crippen LogP contribution in [0, 0.1) is 6.92 Å². The maximum absolute atomic E-state index is 4.41. The van der Waals surface area contributed by atoms with Crippen molar-refractivity contribution in [3.8, 4) is 0 Å². The van der Waals surface area contributed by atoms with Gasteiger partial charge in [-0.05, 0) is 31.2 Å². The minimum atomic E-state index is 1.05. The van der Waals surface area contributed by atoms with Crippen LogP contribution in [0.2, 0.25) is 0 Å². The second-order valence-corrected chi connectivity index (χ2v) is 3.61. The molecule has 0 aliphatic heterocycles. The number of aryl methyl sites for hydroxylation is 1. The molecule has 2 aromatic rings. The van der Waals surface area contributed by atoms with Crippen LogP contribution in [0.1, 0.15) is 5.69 Å². The third kappa shape index (κ3) is 1.23. The van der Waals surface area contributed by atoms with Crippen molar-refractivity contribution in [1.82, 2.24) is 4.98 Å². The molecule has 2 rings (SSSR count). The number of benzene rings is 1. The number of pyridine rings is 1. The maximum atomic E-state index is 4.41. The van der Waals surface area contributed by atoms with Crippen LogP contribution in [0.3, 0.4) is 0 Å². The molecule has 0 saturated carbocycles. The van der Waals surface area contributed by atoms with E-state index in [9.17, 15) is 0 Å². The lowest BCUT2D eigenvalue weighted by Crippen LogP contribution is -1.82. The summed E-state index contributed by atoms with van der Waals surface area (Å²) in [5.74, 6) is 0. The second-order valence-electron chi connectivity index (χ2n) is 2.76. The molecule has 0 amide bonds. The summed E-state index contributed by atoms with van der Waals surface area (Å²) in [5, 5.41) is 1.17. The highest BCUT2D eigenvalue weighted by Crippen LogP contribution is 2.21. The van der Waals surface area contributed by atoms with E-state index in [1.165, 1.54) is 5.39 Å². The highest BCUT2D eigenvalue weighted by Gasteiger charge is 1.97. The molecule has 0 saturated heterocycles. The first-order chi connectivity index (χ1) is 5.77. The molecule has 60 valence electrons. The Morgan fingerprint density at radius 3 is 2.83 bits per heavy atom. The third-order valence-corrected chi connectivity index (χ3v) is 2.51. The summed E-state index contributed by atoms with van der Waals surface area (Å²) >= 11 is 3.48. The molecule has 1 heterocycles. The van der Waals surface area contributed by atoms with Gasteiger partial charge in [0.15, 0.2) is 0 Å². The van der Waals surface area contributed by atoms with Crippen molar-refractivity contribution in [2.24, 2.45) is 0 Å². The van der Waals surface area contributed by atoms with Crippen molar-refractivity contribution in [3.63, 3.8) is 0 Å². The van der Waals surface area contributed by atoms with Crippen LogP contribution in [0.4, 0.5) is 0 Å². The number of rotatable bonds is 0. The maximum Gasteiger partial charge on any atom is 0.0716 e. The fraction of sp³-hybridized carbons (Fsp3) is 0.100. The second kappa shape index (κ2) is 2.87. The standard InChI is InChI=1S/C10H8BrN/c1-7-5-6-8-9(11)3-2-4-10(8)12-7/h2-6H,1H3. The zero-order valence-electron chi connectivity index (χ0n) is 6.71. The summed E-state index contributed by atoms with van der Waals surface area (Å²) in [6, 6.07) is 10.2. The van der Waals surface area contributed by atoms with Crippen molar-refractivity contribution >= 4 is 26.8 Å². The monoisotopic (exact) mass is 221 g/mol. The largest absolute Gasteiger partial charge is 0.253 e.